The number of hydrogen-bond acceptors (Lipinski definition) is 3. The molecule has 0 unspecified atom stereocenters. The Balaban J connectivity index is 0.000000980. The number of anilines is 1. The Morgan fingerprint density at radius 2 is 2.07 bits per heavy atom. The zero-order chi connectivity index (χ0) is 9.42. The zero-order valence-corrected chi connectivity index (χ0v) is 6.65. The maximum absolute atomic E-state index is 11.2. The molecule has 0 fully saturated rings. The van der Waals surface area contributed by atoms with E-state index in [1.54, 1.807) is 18.2 Å². The summed E-state index contributed by atoms with van der Waals surface area (Å²) in [5.74, 6) is 0. The first-order valence-corrected chi connectivity index (χ1v) is 3.69. The van der Waals surface area contributed by atoms with Crippen molar-refractivity contribution in [3.05, 3.63) is 40.0 Å². The Morgan fingerprint density at radius 1 is 1.36 bits per heavy atom. The molecular formula is C8H8N3NaO2. The van der Waals surface area contributed by atoms with E-state index in [-0.39, 0.29) is 29.6 Å². The first-order chi connectivity index (χ1) is 6.18. The zero-order valence-electron chi connectivity index (χ0n) is 6.65. The topological polar surface area (TPSA) is 85.8 Å². The molecule has 0 aliphatic carbocycles. The van der Waals surface area contributed by atoms with Gasteiger partial charge in [0.2, 0.25) is 6.20 Å². The van der Waals surface area contributed by atoms with E-state index in [9.17, 15) is 10.0 Å². The second kappa shape index (κ2) is 4.00. The SMILES string of the molecule is Nc1cccc2c(=O)[nH][n+]([O-])cc12.[NaH]. The van der Waals surface area contributed by atoms with Gasteiger partial charge in [0.15, 0.2) is 0 Å². The summed E-state index contributed by atoms with van der Waals surface area (Å²) >= 11 is 0. The van der Waals surface area contributed by atoms with Crippen molar-refractivity contribution < 1.29 is 4.85 Å². The van der Waals surface area contributed by atoms with Gasteiger partial charge in [-0.05, 0) is 12.1 Å². The molecule has 0 aliphatic rings. The molecule has 2 aromatic rings. The number of H-pyrrole nitrogens is 1. The van der Waals surface area contributed by atoms with E-state index in [0.29, 0.717) is 21.3 Å². The van der Waals surface area contributed by atoms with Crippen molar-refractivity contribution in [3.8, 4) is 0 Å². The van der Waals surface area contributed by atoms with Gasteiger partial charge in [-0.1, -0.05) is 10.9 Å². The number of nitrogen functional groups attached to an aromatic ring is 1. The molecule has 0 amide bonds. The molecule has 0 atom stereocenters. The summed E-state index contributed by atoms with van der Waals surface area (Å²) < 4.78 is 0. The summed E-state index contributed by atoms with van der Waals surface area (Å²) in [7, 11) is 0. The van der Waals surface area contributed by atoms with Crippen molar-refractivity contribution in [2.24, 2.45) is 0 Å². The number of aromatic amines is 1. The number of benzene rings is 1. The molecule has 0 radical (unpaired) electrons. The predicted molar refractivity (Wildman–Crippen MR) is 55.1 cm³/mol. The third-order valence-electron chi connectivity index (χ3n) is 1.84. The molecule has 1 aromatic carbocycles. The van der Waals surface area contributed by atoms with Gasteiger partial charge in [0.05, 0.1) is 10.8 Å². The quantitative estimate of drug-likeness (QED) is 0.250. The van der Waals surface area contributed by atoms with Gasteiger partial charge in [-0.3, -0.25) is 4.79 Å². The molecule has 5 nitrogen and oxygen atoms in total. The number of aromatic nitrogens is 2. The van der Waals surface area contributed by atoms with Crippen LogP contribution in [0.25, 0.3) is 10.8 Å². The molecule has 3 N–H and O–H groups in total. The van der Waals surface area contributed by atoms with Crippen LogP contribution in [0.5, 0.6) is 0 Å². The molecule has 14 heavy (non-hydrogen) atoms. The van der Waals surface area contributed by atoms with E-state index >= 15 is 0 Å². The Kier molecular flexibility index (Phi) is 3.15. The van der Waals surface area contributed by atoms with E-state index in [1.165, 1.54) is 6.20 Å². The molecule has 0 saturated carbocycles. The van der Waals surface area contributed by atoms with E-state index in [4.69, 9.17) is 5.73 Å². The molecule has 2 rings (SSSR count). The number of nitrogens with one attached hydrogen (secondary N) is 1. The fourth-order valence-corrected chi connectivity index (χ4v) is 1.23. The van der Waals surface area contributed by atoms with Crippen molar-refractivity contribution in [1.29, 1.82) is 0 Å². The van der Waals surface area contributed by atoms with Crippen molar-refractivity contribution in [1.82, 2.24) is 5.10 Å². The molecule has 0 saturated heterocycles. The standard InChI is InChI=1S/C8H7N3O2.Na.H/c9-7-3-1-2-5-6(7)4-11(13)10-8(5)12;;/h1-4H,9H2,(H,10,12);;. The number of fused-ring (bicyclic) bond motifs is 1. The van der Waals surface area contributed by atoms with Gasteiger partial charge in [-0.2, -0.15) is 0 Å². The van der Waals surface area contributed by atoms with Crippen LogP contribution >= 0.6 is 0 Å². The summed E-state index contributed by atoms with van der Waals surface area (Å²) in [6.45, 7) is 0. The maximum atomic E-state index is 11.2. The minimum absolute atomic E-state index is 0. The Bertz CT molecular complexity index is 523. The van der Waals surface area contributed by atoms with Crippen molar-refractivity contribution in [2.45, 2.75) is 0 Å². The van der Waals surface area contributed by atoms with Crippen LogP contribution in [0.1, 0.15) is 0 Å². The average molecular weight is 201 g/mol. The van der Waals surface area contributed by atoms with E-state index in [2.05, 4.69) is 5.10 Å². The van der Waals surface area contributed by atoms with Gasteiger partial charge in [-0.15, -0.1) is 5.10 Å². The average Bonchev–Trinajstić information content (AvgIpc) is 2.07. The van der Waals surface area contributed by atoms with E-state index in [0.717, 1.165) is 0 Å². The summed E-state index contributed by atoms with van der Waals surface area (Å²) in [6, 6.07) is 4.92. The second-order valence-electron chi connectivity index (χ2n) is 2.70. The van der Waals surface area contributed by atoms with Crippen molar-refractivity contribution in [3.63, 3.8) is 0 Å². The van der Waals surface area contributed by atoms with E-state index in [1.807, 2.05) is 0 Å². The van der Waals surface area contributed by atoms with Crippen molar-refractivity contribution >= 4 is 46.0 Å². The number of hydrogen-bond donors (Lipinski definition) is 2. The van der Waals surface area contributed by atoms with Crippen molar-refractivity contribution in [2.75, 3.05) is 5.73 Å². The minimum atomic E-state index is -0.431. The molecule has 0 aliphatic heterocycles. The Hall–Kier alpha value is -1.04. The first-order valence-electron chi connectivity index (χ1n) is 3.69. The van der Waals surface area contributed by atoms with Crippen LogP contribution in [-0.4, -0.2) is 34.7 Å². The molecule has 1 heterocycles. The summed E-state index contributed by atoms with van der Waals surface area (Å²) in [5, 5.41) is 13.8. The second-order valence-corrected chi connectivity index (χ2v) is 2.70. The molecule has 1 aromatic heterocycles. The Morgan fingerprint density at radius 3 is 2.79 bits per heavy atom. The van der Waals surface area contributed by atoms with Crippen LogP contribution in [0.3, 0.4) is 0 Å². The monoisotopic (exact) mass is 201 g/mol. The summed E-state index contributed by atoms with van der Waals surface area (Å²) in [4.78, 5) is 11.6. The van der Waals surface area contributed by atoms with Gasteiger partial charge in [0, 0.05) is 5.69 Å². The molecule has 6 heteroatoms. The van der Waals surface area contributed by atoms with Crippen LogP contribution < -0.4 is 16.1 Å². The molecule has 0 bridgehead atoms. The first kappa shape index (κ1) is 11.0. The van der Waals surface area contributed by atoms with Gasteiger partial charge in [-0.25, -0.2) is 0 Å². The van der Waals surface area contributed by atoms with E-state index < -0.39 is 5.56 Å². The number of nitrogens with two attached hydrogens (primary N) is 1. The summed E-state index contributed by atoms with van der Waals surface area (Å²) in [6.07, 6.45) is 1.24. The predicted octanol–water partition coefficient (Wildman–Crippen LogP) is -0.905. The van der Waals surface area contributed by atoms with Crippen LogP contribution in [-0.2, 0) is 0 Å². The van der Waals surface area contributed by atoms with Crippen LogP contribution in [0, 0.1) is 5.21 Å². The number of nitrogens with zero attached hydrogens (tertiary/aromatic N) is 1. The normalized spacial score (nSPS) is 9.71. The van der Waals surface area contributed by atoms with Crippen LogP contribution in [0.2, 0.25) is 0 Å². The third kappa shape index (κ3) is 1.75. The third-order valence-corrected chi connectivity index (χ3v) is 1.84. The van der Waals surface area contributed by atoms with Gasteiger partial charge < -0.3 is 10.9 Å². The van der Waals surface area contributed by atoms with Gasteiger partial charge >= 0.3 is 35.1 Å². The van der Waals surface area contributed by atoms with Crippen LogP contribution in [0.4, 0.5) is 5.69 Å². The van der Waals surface area contributed by atoms with Crippen LogP contribution in [0.15, 0.2) is 29.2 Å². The Labute approximate surface area is 101 Å². The molecule has 68 valence electrons. The summed E-state index contributed by atoms with van der Waals surface area (Å²) in [5.41, 5.74) is 5.58. The fraction of sp³-hybridized carbons (Fsp3) is 0. The van der Waals surface area contributed by atoms with Gasteiger partial charge in [0.25, 0.3) is 0 Å². The number of rotatable bonds is 0. The molecular weight excluding hydrogens is 193 g/mol. The van der Waals surface area contributed by atoms with Gasteiger partial charge in [0.1, 0.15) is 0 Å². The molecule has 0 spiro atoms. The fourth-order valence-electron chi connectivity index (χ4n) is 1.23.